The maximum atomic E-state index is 12.6. The Balaban J connectivity index is 2.26. The molecule has 19 heavy (non-hydrogen) atoms. The molecule has 0 atom stereocenters. The van der Waals surface area contributed by atoms with Gasteiger partial charge in [-0.05, 0) is 52.9 Å². The fraction of sp³-hybridized carbons (Fsp3) is 0.500. The second-order valence-corrected chi connectivity index (χ2v) is 8.56. The summed E-state index contributed by atoms with van der Waals surface area (Å²) in [5, 5.41) is 0. The van der Waals surface area contributed by atoms with E-state index in [4.69, 9.17) is 11.6 Å². The van der Waals surface area contributed by atoms with E-state index in [-0.39, 0.29) is 0 Å². The lowest BCUT2D eigenvalue weighted by molar-refractivity contribution is 0.290. The zero-order chi connectivity index (χ0) is 14.0. The zero-order valence-electron chi connectivity index (χ0n) is 10.2. The molecule has 0 N–H and O–H groups in total. The van der Waals surface area contributed by atoms with Crippen LogP contribution in [-0.2, 0) is 10.0 Å². The first-order chi connectivity index (χ1) is 8.95. The Morgan fingerprint density at radius 2 is 1.89 bits per heavy atom. The molecule has 7 heteroatoms. The van der Waals surface area contributed by atoms with Crippen molar-refractivity contribution in [2.24, 2.45) is 5.92 Å². The van der Waals surface area contributed by atoms with E-state index in [1.165, 1.54) is 0 Å². The van der Waals surface area contributed by atoms with Gasteiger partial charge in [0.25, 0.3) is 0 Å². The SMILES string of the molecule is O=S(=O)(c1cc(Br)ccc1Br)N1CCC(CCl)CC1. The molecule has 0 aromatic heterocycles. The van der Waals surface area contributed by atoms with E-state index in [1.54, 1.807) is 16.4 Å². The minimum atomic E-state index is -3.43. The van der Waals surface area contributed by atoms with Gasteiger partial charge in [0, 0.05) is 27.9 Å². The highest BCUT2D eigenvalue weighted by Gasteiger charge is 2.30. The largest absolute Gasteiger partial charge is 0.244 e. The predicted octanol–water partition coefficient (Wildman–Crippen LogP) is 3.85. The summed E-state index contributed by atoms with van der Waals surface area (Å²) >= 11 is 12.4. The molecule has 0 radical (unpaired) electrons. The van der Waals surface area contributed by atoms with Gasteiger partial charge >= 0.3 is 0 Å². The van der Waals surface area contributed by atoms with Crippen LogP contribution in [0.3, 0.4) is 0 Å². The Hall–Kier alpha value is 0.380. The number of halogens is 3. The molecule has 0 unspecified atom stereocenters. The summed E-state index contributed by atoms with van der Waals surface area (Å²) in [7, 11) is -3.43. The van der Waals surface area contributed by atoms with Crippen LogP contribution in [0.4, 0.5) is 0 Å². The topological polar surface area (TPSA) is 37.4 Å². The van der Waals surface area contributed by atoms with Gasteiger partial charge in [-0.1, -0.05) is 15.9 Å². The molecule has 1 heterocycles. The number of piperidine rings is 1. The average molecular weight is 432 g/mol. The quantitative estimate of drug-likeness (QED) is 0.682. The van der Waals surface area contributed by atoms with Crippen LogP contribution in [0.2, 0.25) is 0 Å². The number of hydrogen-bond acceptors (Lipinski definition) is 2. The maximum Gasteiger partial charge on any atom is 0.244 e. The smallest absolute Gasteiger partial charge is 0.207 e. The van der Waals surface area contributed by atoms with Crippen LogP contribution in [0.25, 0.3) is 0 Å². The summed E-state index contributed by atoms with van der Waals surface area (Å²) in [6.45, 7) is 1.08. The highest BCUT2D eigenvalue weighted by Crippen LogP contribution is 2.30. The standard InChI is InChI=1S/C12H14Br2ClNO2S/c13-10-1-2-11(14)12(7-10)19(17,18)16-5-3-9(8-15)4-6-16/h1-2,7,9H,3-6,8H2. The molecule has 1 aliphatic rings. The van der Waals surface area contributed by atoms with Gasteiger partial charge in [0.05, 0.1) is 4.90 Å². The Bertz CT molecular complexity index is 557. The molecule has 0 amide bonds. The second-order valence-electron chi connectivity index (χ2n) is 4.58. The zero-order valence-corrected chi connectivity index (χ0v) is 14.9. The molecule has 1 aliphatic heterocycles. The number of rotatable bonds is 3. The average Bonchev–Trinajstić information content (AvgIpc) is 2.41. The van der Waals surface area contributed by atoms with Gasteiger partial charge in [0.2, 0.25) is 10.0 Å². The lowest BCUT2D eigenvalue weighted by Crippen LogP contribution is -2.38. The molecule has 1 aromatic carbocycles. The van der Waals surface area contributed by atoms with Gasteiger partial charge in [-0.3, -0.25) is 0 Å². The molecule has 0 bridgehead atoms. The summed E-state index contributed by atoms with van der Waals surface area (Å²) in [6, 6.07) is 5.18. The van der Waals surface area contributed by atoms with Crippen molar-refractivity contribution in [2.75, 3.05) is 19.0 Å². The van der Waals surface area contributed by atoms with E-state index < -0.39 is 10.0 Å². The van der Waals surface area contributed by atoms with Crippen molar-refractivity contribution in [3.63, 3.8) is 0 Å². The van der Waals surface area contributed by atoms with Crippen LogP contribution < -0.4 is 0 Å². The van der Waals surface area contributed by atoms with Crippen molar-refractivity contribution < 1.29 is 8.42 Å². The molecule has 2 rings (SSSR count). The number of alkyl halides is 1. The van der Waals surface area contributed by atoms with Gasteiger partial charge < -0.3 is 0 Å². The predicted molar refractivity (Wildman–Crippen MR) is 84.0 cm³/mol. The van der Waals surface area contributed by atoms with E-state index in [1.807, 2.05) is 6.07 Å². The van der Waals surface area contributed by atoms with E-state index in [0.29, 0.717) is 34.3 Å². The van der Waals surface area contributed by atoms with Gasteiger partial charge in [-0.15, -0.1) is 11.6 Å². The highest BCUT2D eigenvalue weighted by molar-refractivity contribution is 9.11. The van der Waals surface area contributed by atoms with E-state index in [9.17, 15) is 8.42 Å². The van der Waals surface area contributed by atoms with Crippen molar-refractivity contribution in [3.05, 3.63) is 27.1 Å². The summed E-state index contributed by atoms with van der Waals surface area (Å²) in [6.07, 6.45) is 1.66. The fourth-order valence-electron chi connectivity index (χ4n) is 2.12. The monoisotopic (exact) mass is 429 g/mol. The Morgan fingerprint density at radius 3 is 2.47 bits per heavy atom. The molecule has 0 spiro atoms. The van der Waals surface area contributed by atoms with Crippen LogP contribution in [0.1, 0.15) is 12.8 Å². The van der Waals surface area contributed by atoms with Gasteiger partial charge in [-0.2, -0.15) is 4.31 Å². The van der Waals surface area contributed by atoms with E-state index in [2.05, 4.69) is 31.9 Å². The first-order valence-electron chi connectivity index (χ1n) is 5.96. The molecular formula is C12H14Br2ClNO2S. The maximum absolute atomic E-state index is 12.6. The van der Waals surface area contributed by atoms with Crippen LogP contribution in [0, 0.1) is 5.92 Å². The van der Waals surface area contributed by atoms with Crippen LogP contribution in [0.5, 0.6) is 0 Å². The Morgan fingerprint density at radius 1 is 1.26 bits per heavy atom. The third-order valence-electron chi connectivity index (χ3n) is 3.30. The Labute approximate surface area is 135 Å². The summed E-state index contributed by atoms with van der Waals surface area (Å²) in [4.78, 5) is 0.311. The van der Waals surface area contributed by atoms with Gasteiger partial charge in [-0.25, -0.2) is 8.42 Å². The molecule has 106 valence electrons. The molecule has 0 saturated carbocycles. The third kappa shape index (κ3) is 3.53. The minimum Gasteiger partial charge on any atom is -0.207 e. The fourth-order valence-corrected chi connectivity index (χ4v) is 5.36. The van der Waals surface area contributed by atoms with Gasteiger partial charge in [0.15, 0.2) is 0 Å². The third-order valence-corrected chi connectivity index (χ3v) is 7.12. The summed E-state index contributed by atoms with van der Waals surface area (Å²) in [5.41, 5.74) is 0. The Kier molecular flexibility index (Phi) is 5.34. The number of benzene rings is 1. The second kappa shape index (κ2) is 6.43. The molecule has 1 aromatic rings. The molecule has 0 aliphatic carbocycles. The molecule has 3 nitrogen and oxygen atoms in total. The first kappa shape index (κ1) is 15.8. The van der Waals surface area contributed by atoms with Crippen molar-refractivity contribution in [3.8, 4) is 0 Å². The lowest BCUT2D eigenvalue weighted by atomic mass is 10.0. The molecule has 1 saturated heterocycles. The summed E-state index contributed by atoms with van der Waals surface area (Å²) in [5.74, 6) is 1.04. The highest BCUT2D eigenvalue weighted by atomic mass is 79.9. The van der Waals surface area contributed by atoms with E-state index >= 15 is 0 Å². The number of nitrogens with zero attached hydrogens (tertiary/aromatic N) is 1. The lowest BCUT2D eigenvalue weighted by Gasteiger charge is -2.30. The van der Waals surface area contributed by atoms with Gasteiger partial charge in [0.1, 0.15) is 0 Å². The first-order valence-corrected chi connectivity index (χ1v) is 9.52. The van der Waals surface area contributed by atoms with Crippen LogP contribution in [-0.4, -0.2) is 31.7 Å². The molecular weight excluding hydrogens is 417 g/mol. The van der Waals surface area contributed by atoms with Crippen molar-refractivity contribution in [1.29, 1.82) is 0 Å². The number of sulfonamides is 1. The normalized spacial score (nSPS) is 18.7. The van der Waals surface area contributed by atoms with Crippen LogP contribution in [0.15, 0.2) is 32.0 Å². The van der Waals surface area contributed by atoms with E-state index in [0.717, 1.165) is 17.3 Å². The molecule has 1 fully saturated rings. The van der Waals surface area contributed by atoms with Crippen LogP contribution >= 0.6 is 43.5 Å². The summed E-state index contributed by atoms with van der Waals surface area (Å²) < 4.78 is 28.1. The number of hydrogen-bond donors (Lipinski definition) is 0. The van der Waals surface area contributed by atoms with Crippen molar-refractivity contribution >= 4 is 53.5 Å². The van der Waals surface area contributed by atoms with Crippen molar-refractivity contribution in [2.45, 2.75) is 17.7 Å². The minimum absolute atomic E-state index is 0.311. The van der Waals surface area contributed by atoms with Crippen molar-refractivity contribution in [1.82, 2.24) is 4.31 Å².